The number of nitrogens with two attached hydrogens (primary N) is 1. The second-order valence-corrected chi connectivity index (χ2v) is 4.03. The van der Waals surface area contributed by atoms with Gasteiger partial charge in [-0.3, -0.25) is 4.79 Å². The van der Waals surface area contributed by atoms with Crippen molar-refractivity contribution in [2.24, 2.45) is 11.7 Å². The van der Waals surface area contributed by atoms with Gasteiger partial charge in [-0.25, -0.2) is 4.39 Å². The molecule has 3 N–H and O–H groups in total. The topological polar surface area (TPSA) is 55.1 Å². The van der Waals surface area contributed by atoms with Gasteiger partial charge in [-0.2, -0.15) is 0 Å². The molecule has 0 bridgehead atoms. The minimum absolute atomic E-state index is 0.0516. The molecule has 15 heavy (non-hydrogen) atoms. The molecule has 2 unspecified atom stereocenters. The number of rotatable bonds is 2. The molecule has 5 heteroatoms. The van der Waals surface area contributed by atoms with E-state index < -0.39 is 5.82 Å². The van der Waals surface area contributed by atoms with Crippen molar-refractivity contribution in [3.8, 4) is 0 Å². The Morgan fingerprint density at radius 3 is 2.80 bits per heavy atom. The van der Waals surface area contributed by atoms with E-state index in [-0.39, 0.29) is 22.9 Å². The number of anilines is 1. The Hall–Kier alpha value is -1.13. The van der Waals surface area contributed by atoms with Crippen molar-refractivity contribution in [1.82, 2.24) is 0 Å². The maximum absolute atomic E-state index is 12.7. The van der Waals surface area contributed by atoms with Crippen molar-refractivity contribution in [2.75, 3.05) is 5.32 Å². The van der Waals surface area contributed by atoms with Crippen LogP contribution in [0.4, 0.5) is 10.1 Å². The molecule has 0 heterocycles. The number of amides is 1. The number of carbonyl (C=O) groups is 1. The Kier molecular flexibility index (Phi) is 2.63. The molecule has 2 atom stereocenters. The van der Waals surface area contributed by atoms with E-state index in [1.54, 1.807) is 0 Å². The van der Waals surface area contributed by atoms with Crippen LogP contribution in [0.15, 0.2) is 18.2 Å². The van der Waals surface area contributed by atoms with Crippen molar-refractivity contribution < 1.29 is 9.18 Å². The number of benzene rings is 1. The molecular weight excluding hydrogens is 219 g/mol. The molecule has 1 aromatic carbocycles. The van der Waals surface area contributed by atoms with Crippen molar-refractivity contribution >= 4 is 23.2 Å². The van der Waals surface area contributed by atoms with Crippen LogP contribution in [0.1, 0.15) is 6.42 Å². The second-order valence-electron chi connectivity index (χ2n) is 3.62. The molecule has 1 aliphatic rings. The van der Waals surface area contributed by atoms with Crippen LogP contribution in [0.25, 0.3) is 0 Å². The molecule has 1 aliphatic carbocycles. The fraction of sp³-hybridized carbons (Fsp3) is 0.300. The van der Waals surface area contributed by atoms with E-state index in [9.17, 15) is 9.18 Å². The second kappa shape index (κ2) is 3.79. The number of hydrogen-bond acceptors (Lipinski definition) is 2. The Balaban J connectivity index is 2.07. The maximum Gasteiger partial charge on any atom is 0.229 e. The molecule has 1 amide bonds. The third kappa shape index (κ3) is 2.27. The molecule has 2 rings (SSSR count). The fourth-order valence-electron chi connectivity index (χ4n) is 1.33. The molecule has 0 saturated heterocycles. The third-order valence-corrected chi connectivity index (χ3v) is 2.68. The molecule has 0 radical (unpaired) electrons. The zero-order valence-electron chi connectivity index (χ0n) is 7.84. The van der Waals surface area contributed by atoms with Crippen LogP contribution in [-0.4, -0.2) is 11.9 Å². The van der Waals surface area contributed by atoms with E-state index in [0.29, 0.717) is 12.1 Å². The summed E-state index contributed by atoms with van der Waals surface area (Å²) in [5.41, 5.74) is 5.95. The molecule has 0 aliphatic heterocycles. The quantitative estimate of drug-likeness (QED) is 0.811. The zero-order chi connectivity index (χ0) is 11.0. The van der Waals surface area contributed by atoms with E-state index in [4.69, 9.17) is 17.3 Å². The number of halogens is 2. The highest BCUT2D eigenvalue weighted by atomic mass is 35.5. The molecule has 80 valence electrons. The Morgan fingerprint density at radius 1 is 1.60 bits per heavy atom. The molecule has 1 fully saturated rings. The Labute approximate surface area is 91.4 Å². The van der Waals surface area contributed by atoms with Crippen LogP contribution < -0.4 is 11.1 Å². The van der Waals surface area contributed by atoms with E-state index in [1.807, 2.05) is 0 Å². The zero-order valence-corrected chi connectivity index (χ0v) is 8.59. The van der Waals surface area contributed by atoms with Crippen LogP contribution >= 0.6 is 11.6 Å². The summed E-state index contributed by atoms with van der Waals surface area (Å²) in [6.07, 6.45) is 0.699. The molecule has 1 saturated carbocycles. The van der Waals surface area contributed by atoms with Gasteiger partial charge < -0.3 is 11.1 Å². The van der Waals surface area contributed by atoms with Gasteiger partial charge in [0.15, 0.2) is 0 Å². The lowest BCUT2D eigenvalue weighted by Gasteiger charge is -2.06. The summed E-state index contributed by atoms with van der Waals surface area (Å²) in [6, 6.07) is 3.78. The Morgan fingerprint density at radius 2 is 2.27 bits per heavy atom. The van der Waals surface area contributed by atoms with Gasteiger partial charge in [0.25, 0.3) is 0 Å². The van der Waals surface area contributed by atoms with Crippen LogP contribution in [0.3, 0.4) is 0 Å². The summed E-state index contributed by atoms with van der Waals surface area (Å²) in [5.74, 6) is -0.719. The van der Waals surface area contributed by atoms with E-state index in [2.05, 4.69) is 5.32 Å². The van der Waals surface area contributed by atoms with Gasteiger partial charge in [0.2, 0.25) is 5.91 Å². The van der Waals surface area contributed by atoms with Crippen molar-refractivity contribution in [2.45, 2.75) is 12.5 Å². The first-order valence-corrected chi connectivity index (χ1v) is 4.97. The number of hydrogen-bond donors (Lipinski definition) is 2. The number of carbonyl (C=O) groups excluding carboxylic acids is 1. The lowest BCUT2D eigenvalue weighted by molar-refractivity contribution is -0.117. The average molecular weight is 229 g/mol. The van der Waals surface area contributed by atoms with Gasteiger partial charge in [-0.1, -0.05) is 11.6 Å². The monoisotopic (exact) mass is 228 g/mol. The van der Waals surface area contributed by atoms with Crippen LogP contribution in [-0.2, 0) is 4.79 Å². The highest BCUT2D eigenvalue weighted by Crippen LogP contribution is 2.30. The lowest BCUT2D eigenvalue weighted by Crippen LogP contribution is -2.18. The van der Waals surface area contributed by atoms with E-state index in [0.717, 1.165) is 6.07 Å². The molecule has 1 aromatic rings. The summed E-state index contributed by atoms with van der Waals surface area (Å²) in [5, 5.41) is 2.80. The molecule has 3 nitrogen and oxygen atoms in total. The molecule has 0 spiro atoms. The highest BCUT2D eigenvalue weighted by Gasteiger charge is 2.40. The molecule has 0 aromatic heterocycles. The first-order valence-electron chi connectivity index (χ1n) is 4.59. The van der Waals surface area contributed by atoms with Gasteiger partial charge >= 0.3 is 0 Å². The maximum atomic E-state index is 12.7. The number of nitrogens with one attached hydrogen (secondary N) is 1. The van der Waals surface area contributed by atoms with Gasteiger partial charge in [0.05, 0.1) is 16.6 Å². The fourth-order valence-corrected chi connectivity index (χ4v) is 1.55. The van der Waals surface area contributed by atoms with E-state index >= 15 is 0 Å². The minimum atomic E-state index is -0.430. The summed E-state index contributed by atoms with van der Waals surface area (Å²) < 4.78 is 12.7. The minimum Gasteiger partial charge on any atom is -0.327 e. The predicted octanol–water partition coefficient (Wildman–Crippen LogP) is 1.76. The van der Waals surface area contributed by atoms with Crippen LogP contribution in [0.2, 0.25) is 5.02 Å². The SMILES string of the molecule is NC1CC1C(=O)Nc1ccc(F)cc1Cl. The molecular formula is C10H10ClFN2O. The van der Waals surface area contributed by atoms with E-state index in [1.165, 1.54) is 12.1 Å². The summed E-state index contributed by atoms with van der Waals surface area (Å²) >= 11 is 5.75. The van der Waals surface area contributed by atoms with Crippen molar-refractivity contribution in [1.29, 1.82) is 0 Å². The normalized spacial score (nSPS) is 23.7. The summed E-state index contributed by atoms with van der Waals surface area (Å²) in [6.45, 7) is 0. The first kappa shape index (κ1) is 10.4. The third-order valence-electron chi connectivity index (χ3n) is 2.37. The smallest absolute Gasteiger partial charge is 0.229 e. The Bertz CT molecular complexity index is 410. The average Bonchev–Trinajstić information content (AvgIpc) is 2.88. The predicted molar refractivity (Wildman–Crippen MR) is 56.1 cm³/mol. The van der Waals surface area contributed by atoms with Gasteiger partial charge in [-0.05, 0) is 24.6 Å². The first-order chi connectivity index (χ1) is 7.08. The summed E-state index contributed by atoms with van der Waals surface area (Å²) in [7, 11) is 0. The summed E-state index contributed by atoms with van der Waals surface area (Å²) in [4.78, 5) is 11.5. The van der Waals surface area contributed by atoms with Gasteiger partial charge in [0, 0.05) is 6.04 Å². The standard InChI is InChI=1S/C10H10ClFN2O/c11-7-3-5(12)1-2-9(7)14-10(15)6-4-8(6)13/h1-3,6,8H,4,13H2,(H,14,15). The highest BCUT2D eigenvalue weighted by molar-refractivity contribution is 6.33. The van der Waals surface area contributed by atoms with Crippen molar-refractivity contribution in [3.63, 3.8) is 0 Å². The van der Waals surface area contributed by atoms with Crippen LogP contribution in [0, 0.1) is 11.7 Å². The van der Waals surface area contributed by atoms with Crippen molar-refractivity contribution in [3.05, 3.63) is 29.0 Å². The van der Waals surface area contributed by atoms with Gasteiger partial charge in [-0.15, -0.1) is 0 Å². The van der Waals surface area contributed by atoms with Crippen LogP contribution in [0.5, 0.6) is 0 Å². The largest absolute Gasteiger partial charge is 0.327 e. The van der Waals surface area contributed by atoms with Gasteiger partial charge in [0.1, 0.15) is 5.82 Å². The lowest BCUT2D eigenvalue weighted by atomic mass is 10.3.